The number of carbonyl (C=O) groups is 2. The van der Waals surface area contributed by atoms with E-state index in [1.54, 1.807) is 16.7 Å². The van der Waals surface area contributed by atoms with Crippen molar-refractivity contribution in [1.82, 2.24) is 10.2 Å². The molecule has 1 fully saturated rings. The van der Waals surface area contributed by atoms with E-state index < -0.39 is 4.87 Å². The minimum absolute atomic E-state index is 0.0287. The first-order valence-electron chi connectivity index (χ1n) is 9.24. The Morgan fingerprint density at radius 2 is 2.04 bits per heavy atom. The van der Waals surface area contributed by atoms with Crippen molar-refractivity contribution in [3.63, 3.8) is 0 Å². The SMILES string of the molecule is CCNC(=O)N1CCS[C@@]12C(=O)N(Cc1cccc(C)c1)c1ccccc12. The molecule has 3 amide bonds. The van der Waals surface area contributed by atoms with E-state index in [-0.39, 0.29) is 11.9 Å². The molecule has 1 N–H and O–H groups in total. The van der Waals surface area contributed by atoms with Gasteiger partial charge in [0.15, 0.2) is 4.87 Å². The van der Waals surface area contributed by atoms with Gasteiger partial charge in [0.05, 0.1) is 12.2 Å². The molecule has 1 spiro atoms. The zero-order valence-corrected chi connectivity index (χ0v) is 16.4. The molecule has 6 heteroatoms. The van der Waals surface area contributed by atoms with Gasteiger partial charge in [0.2, 0.25) is 0 Å². The molecule has 5 nitrogen and oxygen atoms in total. The van der Waals surface area contributed by atoms with Gasteiger partial charge in [-0.05, 0) is 25.5 Å². The summed E-state index contributed by atoms with van der Waals surface area (Å²) in [7, 11) is 0. The van der Waals surface area contributed by atoms with E-state index in [4.69, 9.17) is 0 Å². The molecular weight excluding hydrogens is 358 g/mol. The molecule has 140 valence electrons. The summed E-state index contributed by atoms with van der Waals surface area (Å²) in [6.45, 7) is 5.55. The second-order valence-corrected chi connectivity index (χ2v) is 8.16. The highest BCUT2D eigenvalue weighted by molar-refractivity contribution is 8.01. The molecule has 0 unspecified atom stereocenters. The smallest absolute Gasteiger partial charge is 0.319 e. The number of aryl methyl sites for hydroxylation is 1. The maximum atomic E-state index is 13.7. The van der Waals surface area contributed by atoms with Crippen LogP contribution in [0.2, 0.25) is 0 Å². The number of fused-ring (bicyclic) bond motifs is 2. The Balaban J connectivity index is 1.77. The molecule has 0 bridgehead atoms. The number of rotatable bonds is 3. The zero-order valence-electron chi connectivity index (χ0n) is 15.6. The molecule has 1 atom stereocenters. The van der Waals surface area contributed by atoms with Gasteiger partial charge in [-0.3, -0.25) is 9.69 Å². The molecule has 2 heterocycles. The highest BCUT2D eigenvalue weighted by atomic mass is 32.2. The highest BCUT2D eigenvalue weighted by Crippen LogP contribution is 2.54. The highest BCUT2D eigenvalue weighted by Gasteiger charge is 2.59. The fraction of sp³-hybridized carbons (Fsp3) is 0.333. The second kappa shape index (κ2) is 6.93. The molecule has 0 aliphatic carbocycles. The molecule has 2 aliphatic rings. The molecular formula is C21H23N3O2S. The van der Waals surface area contributed by atoms with Crippen molar-refractivity contribution in [3.8, 4) is 0 Å². The summed E-state index contributed by atoms with van der Waals surface area (Å²) in [6, 6.07) is 15.9. The topological polar surface area (TPSA) is 52.7 Å². The van der Waals surface area contributed by atoms with Crippen LogP contribution >= 0.6 is 11.8 Å². The molecule has 0 saturated carbocycles. The normalized spacial score (nSPS) is 21.0. The lowest BCUT2D eigenvalue weighted by Gasteiger charge is -2.33. The zero-order chi connectivity index (χ0) is 19.0. The first-order chi connectivity index (χ1) is 13.1. The van der Waals surface area contributed by atoms with Gasteiger partial charge in [-0.25, -0.2) is 4.79 Å². The van der Waals surface area contributed by atoms with Gasteiger partial charge in [0.25, 0.3) is 5.91 Å². The van der Waals surface area contributed by atoms with Gasteiger partial charge in [0.1, 0.15) is 0 Å². The average Bonchev–Trinajstić information content (AvgIpc) is 3.20. The van der Waals surface area contributed by atoms with Gasteiger partial charge in [-0.2, -0.15) is 0 Å². The molecule has 0 radical (unpaired) electrons. The van der Waals surface area contributed by atoms with Crippen LogP contribution in [-0.2, 0) is 16.2 Å². The Kier molecular flexibility index (Phi) is 4.60. The maximum Gasteiger partial charge on any atom is 0.319 e. The number of benzene rings is 2. The summed E-state index contributed by atoms with van der Waals surface area (Å²) in [5.74, 6) is 0.717. The second-order valence-electron chi connectivity index (χ2n) is 6.88. The first kappa shape index (κ1) is 17.9. The molecule has 4 rings (SSSR count). The van der Waals surface area contributed by atoms with Gasteiger partial charge < -0.3 is 10.2 Å². The summed E-state index contributed by atoms with van der Waals surface area (Å²) >= 11 is 1.56. The Bertz CT molecular complexity index is 901. The molecule has 0 aromatic heterocycles. The third kappa shape index (κ3) is 2.79. The van der Waals surface area contributed by atoms with Crippen molar-refractivity contribution in [2.45, 2.75) is 25.3 Å². The number of carbonyl (C=O) groups excluding carboxylic acids is 2. The van der Waals surface area contributed by atoms with Crippen LogP contribution in [0, 0.1) is 6.92 Å². The van der Waals surface area contributed by atoms with Gasteiger partial charge >= 0.3 is 6.03 Å². The van der Waals surface area contributed by atoms with Crippen LogP contribution < -0.4 is 10.2 Å². The van der Waals surface area contributed by atoms with E-state index in [1.807, 2.05) is 61.2 Å². The molecule has 2 aliphatic heterocycles. The quantitative estimate of drug-likeness (QED) is 0.886. The number of nitrogens with zero attached hydrogens (tertiary/aromatic N) is 2. The van der Waals surface area contributed by atoms with Crippen molar-refractivity contribution in [2.24, 2.45) is 0 Å². The third-order valence-corrected chi connectivity index (χ3v) is 6.52. The Labute approximate surface area is 163 Å². The fourth-order valence-electron chi connectivity index (χ4n) is 3.96. The van der Waals surface area contributed by atoms with Crippen LogP contribution in [0.5, 0.6) is 0 Å². The lowest BCUT2D eigenvalue weighted by Crippen LogP contribution is -2.53. The lowest BCUT2D eigenvalue weighted by atomic mass is 10.1. The minimum atomic E-state index is -0.959. The number of para-hydroxylation sites is 1. The minimum Gasteiger partial charge on any atom is -0.338 e. The Morgan fingerprint density at radius 1 is 1.22 bits per heavy atom. The van der Waals surface area contributed by atoms with E-state index in [9.17, 15) is 9.59 Å². The van der Waals surface area contributed by atoms with E-state index in [0.29, 0.717) is 19.6 Å². The number of nitrogens with one attached hydrogen (secondary N) is 1. The monoisotopic (exact) mass is 381 g/mol. The van der Waals surface area contributed by atoms with E-state index in [0.717, 1.165) is 22.6 Å². The van der Waals surface area contributed by atoms with Crippen LogP contribution in [-0.4, -0.2) is 35.7 Å². The van der Waals surface area contributed by atoms with E-state index in [2.05, 4.69) is 11.4 Å². The summed E-state index contributed by atoms with van der Waals surface area (Å²) in [4.78, 5) is 29.0. The number of hydrogen-bond acceptors (Lipinski definition) is 3. The lowest BCUT2D eigenvalue weighted by molar-refractivity contribution is -0.123. The van der Waals surface area contributed by atoms with Crippen molar-refractivity contribution < 1.29 is 9.59 Å². The van der Waals surface area contributed by atoms with Crippen molar-refractivity contribution >= 4 is 29.4 Å². The first-order valence-corrected chi connectivity index (χ1v) is 10.2. The van der Waals surface area contributed by atoms with Crippen molar-refractivity contribution in [3.05, 3.63) is 65.2 Å². The molecule has 2 aromatic rings. The number of hydrogen-bond donors (Lipinski definition) is 1. The summed E-state index contributed by atoms with van der Waals surface area (Å²) in [5.41, 5.74) is 4.06. The predicted molar refractivity (Wildman–Crippen MR) is 109 cm³/mol. The van der Waals surface area contributed by atoms with Crippen LogP contribution in [0.15, 0.2) is 48.5 Å². The third-order valence-electron chi connectivity index (χ3n) is 5.10. The summed E-state index contributed by atoms with van der Waals surface area (Å²) in [5, 5.41) is 2.86. The fourth-order valence-corrected chi connectivity index (χ4v) is 5.43. The molecule has 27 heavy (non-hydrogen) atoms. The van der Waals surface area contributed by atoms with Crippen LogP contribution in [0.3, 0.4) is 0 Å². The van der Waals surface area contributed by atoms with Crippen LogP contribution in [0.1, 0.15) is 23.6 Å². The van der Waals surface area contributed by atoms with E-state index in [1.165, 1.54) is 5.56 Å². The Morgan fingerprint density at radius 3 is 2.81 bits per heavy atom. The summed E-state index contributed by atoms with van der Waals surface area (Å²) < 4.78 is 0. The van der Waals surface area contributed by atoms with Crippen LogP contribution in [0.4, 0.5) is 10.5 Å². The standard InChI is InChI=1S/C21H23N3O2S/c1-3-22-20(26)24-11-12-27-21(24)17-9-4-5-10-18(17)23(19(21)25)14-16-8-6-7-15(2)13-16/h4-10,13H,3,11-12,14H2,1-2H3,(H,22,26)/t21-/m0/s1. The van der Waals surface area contributed by atoms with E-state index >= 15 is 0 Å². The predicted octanol–water partition coefficient (Wildman–Crippen LogP) is 3.47. The maximum absolute atomic E-state index is 13.7. The summed E-state index contributed by atoms with van der Waals surface area (Å²) in [6.07, 6.45) is 0. The van der Waals surface area contributed by atoms with Crippen molar-refractivity contribution in [1.29, 1.82) is 0 Å². The van der Waals surface area contributed by atoms with Crippen LogP contribution in [0.25, 0.3) is 0 Å². The van der Waals surface area contributed by atoms with Gasteiger partial charge in [0, 0.05) is 24.4 Å². The number of amides is 3. The average molecular weight is 382 g/mol. The molecule has 2 aromatic carbocycles. The number of thioether (sulfide) groups is 1. The molecule has 1 saturated heterocycles. The van der Waals surface area contributed by atoms with Crippen molar-refractivity contribution in [2.75, 3.05) is 23.7 Å². The number of anilines is 1. The largest absolute Gasteiger partial charge is 0.338 e. The number of urea groups is 1. The Hall–Kier alpha value is -2.47. The van der Waals surface area contributed by atoms with Gasteiger partial charge in [-0.1, -0.05) is 48.0 Å². The van der Waals surface area contributed by atoms with Gasteiger partial charge in [-0.15, -0.1) is 11.8 Å².